The van der Waals surface area contributed by atoms with Crippen molar-refractivity contribution in [1.29, 1.82) is 0 Å². The van der Waals surface area contributed by atoms with Crippen LogP contribution in [-0.4, -0.2) is 45.0 Å². The molecule has 1 saturated heterocycles. The summed E-state index contributed by atoms with van der Waals surface area (Å²) >= 11 is 0. The minimum Gasteiger partial charge on any atom is -0.495 e. The zero-order chi connectivity index (χ0) is 14.9. The monoisotopic (exact) mass is 334 g/mol. The fraction of sp³-hybridized carbons (Fsp3) is 0.571. The maximum atomic E-state index is 12.9. The lowest BCUT2D eigenvalue weighted by Crippen LogP contribution is -2.56. The fourth-order valence-electron chi connectivity index (χ4n) is 2.43. The summed E-state index contributed by atoms with van der Waals surface area (Å²) in [5, 5.41) is 3.29. The van der Waals surface area contributed by atoms with E-state index >= 15 is 0 Å². The van der Waals surface area contributed by atoms with Gasteiger partial charge in [0.15, 0.2) is 0 Å². The number of ether oxygens (including phenoxy) is 1. The largest absolute Gasteiger partial charge is 0.495 e. The molecule has 7 heteroatoms. The topological polar surface area (TPSA) is 58.6 Å². The number of methoxy groups -OCH3 is 1. The Morgan fingerprint density at radius 3 is 2.62 bits per heavy atom. The molecule has 1 aliphatic rings. The van der Waals surface area contributed by atoms with E-state index in [1.165, 1.54) is 7.11 Å². The fourth-order valence-corrected chi connectivity index (χ4v) is 4.40. The van der Waals surface area contributed by atoms with Gasteiger partial charge in [-0.05, 0) is 38.5 Å². The van der Waals surface area contributed by atoms with Crippen LogP contribution >= 0.6 is 12.4 Å². The molecule has 1 N–H and O–H groups in total. The van der Waals surface area contributed by atoms with E-state index in [0.29, 0.717) is 18.8 Å². The number of nitrogens with zero attached hydrogens (tertiary/aromatic N) is 1. The molecule has 5 nitrogen and oxygen atoms in total. The molecule has 1 aromatic carbocycles. The Bertz CT molecular complexity index is 592. The molecule has 0 radical (unpaired) electrons. The van der Waals surface area contributed by atoms with Crippen LogP contribution in [-0.2, 0) is 10.0 Å². The van der Waals surface area contributed by atoms with Gasteiger partial charge >= 0.3 is 0 Å². The van der Waals surface area contributed by atoms with Gasteiger partial charge < -0.3 is 10.1 Å². The predicted molar refractivity (Wildman–Crippen MR) is 85.8 cm³/mol. The van der Waals surface area contributed by atoms with Gasteiger partial charge in [-0.2, -0.15) is 4.31 Å². The van der Waals surface area contributed by atoms with E-state index in [1.807, 2.05) is 26.8 Å². The normalized spacial score (nSPS) is 23.4. The van der Waals surface area contributed by atoms with E-state index in [0.717, 1.165) is 5.56 Å². The minimum absolute atomic E-state index is 0. The lowest BCUT2D eigenvalue weighted by Gasteiger charge is -2.36. The van der Waals surface area contributed by atoms with Crippen molar-refractivity contribution >= 4 is 22.4 Å². The number of piperazine rings is 1. The van der Waals surface area contributed by atoms with Crippen LogP contribution in [0.3, 0.4) is 0 Å². The number of nitrogens with one attached hydrogen (secondary N) is 1. The van der Waals surface area contributed by atoms with Crippen LogP contribution < -0.4 is 10.1 Å². The third-order valence-corrected chi connectivity index (χ3v) is 5.61. The smallest absolute Gasteiger partial charge is 0.247 e. The summed E-state index contributed by atoms with van der Waals surface area (Å²) in [5.41, 5.74) is 0.903. The Balaban J connectivity index is 0.00000220. The van der Waals surface area contributed by atoms with E-state index in [9.17, 15) is 8.42 Å². The second kappa shape index (κ2) is 6.96. The van der Waals surface area contributed by atoms with E-state index in [2.05, 4.69) is 5.32 Å². The molecule has 120 valence electrons. The molecule has 0 saturated carbocycles. The summed E-state index contributed by atoms with van der Waals surface area (Å²) < 4.78 is 32.6. The number of aryl methyl sites for hydroxylation is 1. The first-order chi connectivity index (χ1) is 9.36. The molecular weight excluding hydrogens is 312 g/mol. The molecule has 2 rings (SSSR count). The van der Waals surface area contributed by atoms with E-state index in [4.69, 9.17) is 4.74 Å². The van der Waals surface area contributed by atoms with Crippen LogP contribution in [0.5, 0.6) is 5.75 Å². The zero-order valence-corrected chi connectivity index (χ0v) is 14.4. The van der Waals surface area contributed by atoms with Gasteiger partial charge in [-0.15, -0.1) is 12.4 Å². The Hall–Kier alpha value is -0.820. The van der Waals surface area contributed by atoms with Crippen molar-refractivity contribution < 1.29 is 13.2 Å². The third kappa shape index (κ3) is 3.69. The molecule has 1 heterocycles. The van der Waals surface area contributed by atoms with E-state index in [1.54, 1.807) is 16.4 Å². The average molecular weight is 335 g/mol. The number of sulfonamides is 1. The SMILES string of the molecule is COc1ccc(C)cc1S(=O)(=O)N1CC(C)NCC1C.Cl. The van der Waals surface area contributed by atoms with Crippen LogP contribution in [0, 0.1) is 6.92 Å². The van der Waals surface area contributed by atoms with Crippen LogP contribution in [0.25, 0.3) is 0 Å². The molecule has 1 fully saturated rings. The van der Waals surface area contributed by atoms with Gasteiger partial charge in [-0.3, -0.25) is 0 Å². The molecule has 21 heavy (non-hydrogen) atoms. The lowest BCUT2D eigenvalue weighted by atomic mass is 10.2. The molecule has 1 aromatic rings. The Labute approximate surface area is 133 Å². The summed E-state index contributed by atoms with van der Waals surface area (Å²) in [7, 11) is -2.05. The lowest BCUT2D eigenvalue weighted by molar-refractivity contribution is 0.244. The second-order valence-corrected chi connectivity index (χ2v) is 7.25. The molecule has 0 aliphatic carbocycles. The zero-order valence-electron chi connectivity index (χ0n) is 12.8. The Morgan fingerprint density at radius 1 is 1.33 bits per heavy atom. The summed E-state index contributed by atoms with van der Waals surface area (Å²) in [5.74, 6) is 0.397. The van der Waals surface area contributed by atoms with Crippen LogP contribution in [0.1, 0.15) is 19.4 Å². The van der Waals surface area contributed by atoms with Gasteiger partial charge in [-0.25, -0.2) is 8.42 Å². The van der Waals surface area contributed by atoms with Crippen molar-refractivity contribution in [2.45, 2.75) is 37.8 Å². The quantitative estimate of drug-likeness (QED) is 0.915. The first kappa shape index (κ1) is 18.2. The first-order valence-corrected chi connectivity index (χ1v) is 8.20. The highest BCUT2D eigenvalue weighted by Crippen LogP contribution is 2.29. The standard InChI is InChI=1S/C14H22N2O3S.ClH/c1-10-5-6-13(19-4)14(7-10)20(17,18)16-9-11(2)15-8-12(16)3;/h5-7,11-12,15H,8-9H2,1-4H3;1H. The molecular formula is C14H23ClN2O3S. The molecule has 0 aromatic heterocycles. The van der Waals surface area contributed by atoms with Gasteiger partial charge in [0.2, 0.25) is 10.0 Å². The highest BCUT2D eigenvalue weighted by molar-refractivity contribution is 7.89. The maximum Gasteiger partial charge on any atom is 0.247 e. The van der Waals surface area contributed by atoms with Crippen molar-refractivity contribution in [2.75, 3.05) is 20.2 Å². The molecule has 2 atom stereocenters. The van der Waals surface area contributed by atoms with Gasteiger partial charge in [-0.1, -0.05) is 6.07 Å². The first-order valence-electron chi connectivity index (χ1n) is 6.76. The number of hydrogen-bond acceptors (Lipinski definition) is 4. The van der Waals surface area contributed by atoms with Crippen molar-refractivity contribution in [3.63, 3.8) is 0 Å². The van der Waals surface area contributed by atoms with Gasteiger partial charge in [0.05, 0.1) is 7.11 Å². The number of benzene rings is 1. The Morgan fingerprint density at radius 2 is 2.00 bits per heavy atom. The predicted octanol–water partition coefficient (Wildman–Crippen LogP) is 1.80. The average Bonchev–Trinajstić information content (AvgIpc) is 2.41. The van der Waals surface area contributed by atoms with Crippen molar-refractivity contribution in [3.8, 4) is 5.75 Å². The maximum absolute atomic E-state index is 12.9. The number of halogens is 1. The summed E-state index contributed by atoms with van der Waals surface area (Å²) in [4.78, 5) is 0.251. The van der Waals surface area contributed by atoms with Crippen LogP contribution in [0.4, 0.5) is 0 Å². The molecule has 1 aliphatic heterocycles. The van der Waals surface area contributed by atoms with Crippen LogP contribution in [0.2, 0.25) is 0 Å². The molecule has 0 amide bonds. The van der Waals surface area contributed by atoms with E-state index < -0.39 is 10.0 Å². The number of hydrogen-bond donors (Lipinski definition) is 1. The molecule has 0 spiro atoms. The molecule has 0 bridgehead atoms. The van der Waals surface area contributed by atoms with Gasteiger partial charge in [0.1, 0.15) is 10.6 Å². The minimum atomic E-state index is -3.54. The Kier molecular flexibility index (Phi) is 6.04. The van der Waals surface area contributed by atoms with Gasteiger partial charge in [0.25, 0.3) is 0 Å². The van der Waals surface area contributed by atoms with Crippen LogP contribution in [0.15, 0.2) is 23.1 Å². The summed E-state index contributed by atoms with van der Waals surface area (Å²) in [6.07, 6.45) is 0. The highest BCUT2D eigenvalue weighted by atomic mass is 35.5. The van der Waals surface area contributed by atoms with Crippen molar-refractivity contribution in [3.05, 3.63) is 23.8 Å². The summed E-state index contributed by atoms with van der Waals surface area (Å²) in [6.45, 7) is 6.91. The van der Waals surface area contributed by atoms with Gasteiger partial charge in [0, 0.05) is 25.2 Å². The van der Waals surface area contributed by atoms with Crippen molar-refractivity contribution in [2.24, 2.45) is 0 Å². The second-order valence-electron chi connectivity index (χ2n) is 5.39. The van der Waals surface area contributed by atoms with Crippen molar-refractivity contribution in [1.82, 2.24) is 9.62 Å². The molecule has 2 unspecified atom stereocenters. The third-order valence-electron chi connectivity index (χ3n) is 3.61. The summed E-state index contributed by atoms with van der Waals surface area (Å²) in [6, 6.07) is 5.31. The highest BCUT2D eigenvalue weighted by Gasteiger charge is 2.35. The number of rotatable bonds is 3. The van der Waals surface area contributed by atoms with E-state index in [-0.39, 0.29) is 29.4 Å².